The second kappa shape index (κ2) is 4.08. The Hall–Kier alpha value is -2.64. The van der Waals surface area contributed by atoms with Crippen molar-refractivity contribution in [2.24, 2.45) is 0 Å². The smallest absolute Gasteiger partial charge is 0.323 e. The molecule has 0 saturated carbocycles. The fourth-order valence-electron chi connectivity index (χ4n) is 1.36. The van der Waals surface area contributed by atoms with Gasteiger partial charge in [-0.05, 0) is 0 Å². The van der Waals surface area contributed by atoms with Crippen LogP contribution in [0.25, 0.3) is 11.5 Å². The van der Waals surface area contributed by atoms with Crippen molar-refractivity contribution in [3.8, 4) is 11.5 Å². The number of carboxylic acids is 1. The van der Waals surface area contributed by atoms with Gasteiger partial charge < -0.3 is 20.4 Å². The van der Waals surface area contributed by atoms with Gasteiger partial charge in [-0.2, -0.15) is 0 Å². The predicted octanol–water partition coefficient (Wildman–Crippen LogP) is -0.248. The third kappa shape index (κ3) is 2.00. The van der Waals surface area contributed by atoms with E-state index in [-0.39, 0.29) is 12.4 Å². The van der Waals surface area contributed by atoms with Gasteiger partial charge in [0.05, 0.1) is 18.2 Å². The summed E-state index contributed by atoms with van der Waals surface area (Å²) in [6.45, 7) is -0.278. The van der Waals surface area contributed by atoms with Gasteiger partial charge in [-0.1, -0.05) is 0 Å². The number of aliphatic carboxylic acids is 1. The number of nitrogen functional groups attached to an aromatic ring is 1. The molecule has 0 atom stereocenters. The Morgan fingerprint density at radius 2 is 2.35 bits per heavy atom. The van der Waals surface area contributed by atoms with E-state index in [4.69, 9.17) is 10.8 Å². The van der Waals surface area contributed by atoms with Gasteiger partial charge in [0.15, 0.2) is 12.1 Å². The lowest BCUT2D eigenvalue weighted by Crippen LogP contribution is -2.10. The van der Waals surface area contributed by atoms with E-state index in [1.165, 1.54) is 17.1 Å². The van der Waals surface area contributed by atoms with E-state index in [2.05, 4.69) is 15.0 Å². The van der Waals surface area contributed by atoms with Crippen molar-refractivity contribution in [2.45, 2.75) is 6.54 Å². The molecule has 4 N–H and O–H groups in total. The van der Waals surface area contributed by atoms with Gasteiger partial charge in [0.1, 0.15) is 18.1 Å². The Bertz CT molecular complexity index is 571. The molecular weight excluding hydrogens is 226 g/mol. The molecule has 88 valence electrons. The van der Waals surface area contributed by atoms with Crippen LogP contribution in [0.2, 0.25) is 0 Å². The maximum Gasteiger partial charge on any atom is 0.323 e. The van der Waals surface area contributed by atoms with E-state index < -0.39 is 5.97 Å². The third-order valence-electron chi connectivity index (χ3n) is 2.13. The van der Waals surface area contributed by atoms with Crippen LogP contribution in [0.3, 0.4) is 0 Å². The minimum absolute atomic E-state index is 0.180. The van der Waals surface area contributed by atoms with Crippen LogP contribution in [0.4, 0.5) is 5.82 Å². The average Bonchev–Trinajstić information content (AvgIpc) is 2.86. The molecule has 0 fully saturated rings. The summed E-state index contributed by atoms with van der Waals surface area (Å²) in [5.74, 6) is -0.512. The van der Waals surface area contributed by atoms with E-state index in [1.807, 2.05) is 0 Å². The summed E-state index contributed by atoms with van der Waals surface area (Å²) in [7, 11) is 0. The fourth-order valence-corrected chi connectivity index (χ4v) is 1.36. The number of carbonyl (C=O) groups excluding carboxylic acids is 1. The lowest BCUT2D eigenvalue weighted by atomic mass is 10.4. The summed E-state index contributed by atoms with van der Waals surface area (Å²) < 4.78 is 1.28. The zero-order valence-corrected chi connectivity index (χ0v) is 8.62. The molecule has 0 aliphatic carbocycles. The highest BCUT2D eigenvalue weighted by Gasteiger charge is 2.14. The number of hydrogen-bond acceptors (Lipinski definition) is 5. The normalized spacial score (nSPS) is 10.4. The Morgan fingerprint density at radius 3 is 2.94 bits per heavy atom. The van der Waals surface area contributed by atoms with Crippen molar-refractivity contribution in [3.63, 3.8) is 0 Å². The van der Waals surface area contributed by atoms with E-state index >= 15 is 0 Å². The number of nitrogens with two attached hydrogens (primary N) is 1. The average molecular weight is 235 g/mol. The van der Waals surface area contributed by atoms with Crippen LogP contribution < -0.4 is 5.73 Å². The van der Waals surface area contributed by atoms with Gasteiger partial charge in [0.25, 0.3) is 0 Å². The summed E-state index contributed by atoms with van der Waals surface area (Å²) >= 11 is 0. The second-order valence-corrected chi connectivity index (χ2v) is 3.31. The highest BCUT2D eigenvalue weighted by molar-refractivity contribution is 5.75. The number of nitrogens with zero attached hydrogens (tertiary/aromatic N) is 3. The Balaban J connectivity index is 2.36. The molecule has 0 bridgehead atoms. The molecule has 2 heterocycles. The van der Waals surface area contributed by atoms with Crippen LogP contribution in [0.5, 0.6) is 0 Å². The van der Waals surface area contributed by atoms with Gasteiger partial charge in [-0.3, -0.25) is 9.59 Å². The largest absolute Gasteiger partial charge is 0.480 e. The van der Waals surface area contributed by atoms with Crippen LogP contribution in [-0.4, -0.2) is 36.9 Å². The lowest BCUT2D eigenvalue weighted by molar-refractivity contribution is -0.137. The van der Waals surface area contributed by atoms with Crippen LogP contribution in [-0.2, 0) is 11.3 Å². The highest BCUT2D eigenvalue weighted by atomic mass is 16.4. The SMILES string of the molecule is Nc1c(-c2ncc(C=O)[nH]2)ncn1CC(=O)O. The molecule has 0 saturated heterocycles. The molecule has 0 spiro atoms. The molecule has 0 amide bonds. The molecule has 17 heavy (non-hydrogen) atoms. The first-order valence-corrected chi connectivity index (χ1v) is 4.64. The van der Waals surface area contributed by atoms with Crippen LogP contribution in [0, 0.1) is 0 Å². The third-order valence-corrected chi connectivity index (χ3v) is 2.13. The molecular formula is C9H9N5O3. The first-order chi connectivity index (χ1) is 8.11. The molecule has 2 aromatic rings. The van der Waals surface area contributed by atoms with Crippen molar-refractivity contribution in [1.82, 2.24) is 19.5 Å². The summed E-state index contributed by atoms with van der Waals surface area (Å²) in [6, 6.07) is 0. The molecule has 0 aliphatic heterocycles. The monoisotopic (exact) mass is 235 g/mol. The number of carbonyl (C=O) groups is 2. The van der Waals surface area contributed by atoms with Crippen molar-refractivity contribution in [1.29, 1.82) is 0 Å². The number of rotatable bonds is 4. The maximum absolute atomic E-state index is 10.5. The molecule has 2 rings (SSSR count). The van der Waals surface area contributed by atoms with E-state index in [0.717, 1.165) is 0 Å². The van der Waals surface area contributed by atoms with Crippen LogP contribution in [0.15, 0.2) is 12.5 Å². The maximum atomic E-state index is 10.5. The quantitative estimate of drug-likeness (QED) is 0.627. The van der Waals surface area contributed by atoms with Crippen molar-refractivity contribution >= 4 is 18.1 Å². The number of aldehydes is 1. The minimum atomic E-state index is -1.02. The fraction of sp³-hybridized carbons (Fsp3) is 0.111. The number of aromatic amines is 1. The second-order valence-electron chi connectivity index (χ2n) is 3.31. The Morgan fingerprint density at radius 1 is 1.59 bits per heavy atom. The van der Waals surface area contributed by atoms with Crippen LogP contribution >= 0.6 is 0 Å². The highest BCUT2D eigenvalue weighted by Crippen LogP contribution is 2.20. The summed E-state index contributed by atoms with van der Waals surface area (Å²) in [4.78, 5) is 31.6. The van der Waals surface area contributed by atoms with E-state index in [9.17, 15) is 9.59 Å². The number of H-pyrrole nitrogens is 1. The van der Waals surface area contributed by atoms with Crippen molar-refractivity contribution in [2.75, 3.05) is 5.73 Å². The van der Waals surface area contributed by atoms with Crippen molar-refractivity contribution < 1.29 is 14.7 Å². The van der Waals surface area contributed by atoms with E-state index in [0.29, 0.717) is 23.5 Å². The number of imidazole rings is 2. The first-order valence-electron chi connectivity index (χ1n) is 4.64. The lowest BCUT2D eigenvalue weighted by Gasteiger charge is -2.00. The molecule has 8 nitrogen and oxygen atoms in total. The van der Waals surface area contributed by atoms with Gasteiger partial charge in [0.2, 0.25) is 0 Å². The zero-order valence-electron chi connectivity index (χ0n) is 8.62. The topological polar surface area (TPSA) is 127 Å². The number of carboxylic acid groups (broad SMARTS) is 1. The summed E-state index contributed by atoms with van der Waals surface area (Å²) in [6.07, 6.45) is 3.26. The molecule has 0 aromatic carbocycles. The number of hydrogen-bond donors (Lipinski definition) is 3. The van der Waals surface area contributed by atoms with Crippen molar-refractivity contribution in [3.05, 3.63) is 18.2 Å². The Kier molecular flexibility index (Phi) is 2.61. The number of anilines is 1. The molecule has 8 heteroatoms. The molecule has 2 aromatic heterocycles. The molecule has 0 radical (unpaired) electrons. The van der Waals surface area contributed by atoms with Crippen LogP contribution in [0.1, 0.15) is 10.5 Å². The van der Waals surface area contributed by atoms with Gasteiger partial charge in [-0.15, -0.1) is 0 Å². The van der Waals surface area contributed by atoms with Gasteiger partial charge >= 0.3 is 5.97 Å². The molecule has 0 aliphatic rings. The predicted molar refractivity (Wildman–Crippen MR) is 57.2 cm³/mol. The Labute approximate surface area is 95.1 Å². The van der Waals surface area contributed by atoms with Gasteiger partial charge in [0, 0.05) is 0 Å². The first kappa shape index (κ1) is 10.9. The summed E-state index contributed by atoms with van der Waals surface area (Å²) in [5.41, 5.74) is 6.34. The zero-order chi connectivity index (χ0) is 12.4. The van der Waals surface area contributed by atoms with Gasteiger partial charge in [-0.25, -0.2) is 9.97 Å². The number of aromatic nitrogens is 4. The summed E-state index contributed by atoms with van der Waals surface area (Å²) in [5, 5.41) is 8.64. The van der Waals surface area contributed by atoms with E-state index in [1.54, 1.807) is 0 Å². The standard InChI is InChI=1S/C9H9N5O3/c10-8-7(9-11-1-5(3-15)13-9)12-4-14(8)2-6(16)17/h1,3-4H,2,10H2,(H,11,13)(H,16,17). The molecule has 0 unspecified atom stereocenters. The number of nitrogens with one attached hydrogen (secondary N) is 1. The minimum Gasteiger partial charge on any atom is -0.480 e.